The molecule has 0 saturated carbocycles. The summed E-state index contributed by atoms with van der Waals surface area (Å²) in [7, 11) is 0. The standard InChI is InChI=1S/C23H26N4O/c28-22(14-13-18-8-2-1-3-9-18)25-16-17-27-21-12-5-4-10-19(21)23(26-27)20-11-6-7-15-24-20/h1-3,6-9,11,15H,4-5,10,12-14,16-17H2,(H,25,28). The Hall–Kier alpha value is -2.95. The van der Waals surface area contributed by atoms with E-state index in [0.29, 0.717) is 19.5 Å². The zero-order valence-electron chi connectivity index (χ0n) is 16.1. The number of rotatable bonds is 7. The van der Waals surface area contributed by atoms with Crippen LogP contribution in [0.3, 0.4) is 0 Å². The number of aryl methyl sites for hydroxylation is 1. The lowest BCUT2D eigenvalue weighted by Gasteiger charge is -2.14. The molecule has 2 aromatic heterocycles. The summed E-state index contributed by atoms with van der Waals surface area (Å²) < 4.78 is 2.08. The summed E-state index contributed by atoms with van der Waals surface area (Å²) in [6, 6.07) is 16.1. The highest BCUT2D eigenvalue weighted by atomic mass is 16.1. The van der Waals surface area contributed by atoms with Crippen LogP contribution in [0.5, 0.6) is 0 Å². The van der Waals surface area contributed by atoms with Crippen LogP contribution in [-0.2, 0) is 30.6 Å². The molecule has 5 heteroatoms. The Morgan fingerprint density at radius 1 is 1.04 bits per heavy atom. The number of fused-ring (bicyclic) bond motifs is 1. The third-order valence-corrected chi connectivity index (χ3v) is 5.29. The highest BCUT2D eigenvalue weighted by molar-refractivity contribution is 5.76. The second-order valence-corrected chi connectivity index (χ2v) is 7.25. The smallest absolute Gasteiger partial charge is 0.220 e. The molecule has 3 aromatic rings. The average Bonchev–Trinajstić information content (AvgIpc) is 3.12. The average molecular weight is 374 g/mol. The van der Waals surface area contributed by atoms with E-state index in [9.17, 15) is 4.79 Å². The van der Waals surface area contributed by atoms with Crippen molar-refractivity contribution in [3.8, 4) is 11.4 Å². The normalized spacial score (nSPS) is 13.1. The van der Waals surface area contributed by atoms with Gasteiger partial charge in [0, 0.05) is 30.4 Å². The van der Waals surface area contributed by atoms with Crippen LogP contribution in [0.25, 0.3) is 11.4 Å². The second-order valence-electron chi connectivity index (χ2n) is 7.25. The number of hydrogen-bond acceptors (Lipinski definition) is 3. The molecule has 144 valence electrons. The predicted octanol–water partition coefficient (Wildman–Crippen LogP) is 3.57. The third kappa shape index (κ3) is 4.30. The maximum absolute atomic E-state index is 12.2. The van der Waals surface area contributed by atoms with Crippen molar-refractivity contribution < 1.29 is 4.79 Å². The van der Waals surface area contributed by atoms with Crippen molar-refractivity contribution in [2.45, 2.75) is 45.1 Å². The molecule has 0 saturated heterocycles. The summed E-state index contributed by atoms with van der Waals surface area (Å²) in [5.41, 5.74) is 5.78. The van der Waals surface area contributed by atoms with Gasteiger partial charge in [-0.25, -0.2) is 0 Å². The first-order chi connectivity index (χ1) is 13.8. The molecule has 0 spiro atoms. The predicted molar refractivity (Wildman–Crippen MR) is 110 cm³/mol. The van der Waals surface area contributed by atoms with Crippen LogP contribution in [0.4, 0.5) is 0 Å². The number of carbonyl (C=O) groups excluding carboxylic acids is 1. The Kier molecular flexibility index (Phi) is 5.80. The third-order valence-electron chi connectivity index (χ3n) is 5.29. The van der Waals surface area contributed by atoms with Gasteiger partial charge in [0.25, 0.3) is 0 Å². The summed E-state index contributed by atoms with van der Waals surface area (Å²) in [6.45, 7) is 1.30. The Labute approximate surface area is 165 Å². The number of pyridine rings is 1. The summed E-state index contributed by atoms with van der Waals surface area (Å²) >= 11 is 0. The first kappa shape index (κ1) is 18.4. The molecule has 1 amide bonds. The topological polar surface area (TPSA) is 59.8 Å². The molecule has 0 bridgehead atoms. The second kappa shape index (κ2) is 8.83. The van der Waals surface area contributed by atoms with E-state index >= 15 is 0 Å². The largest absolute Gasteiger partial charge is 0.354 e. The molecule has 4 rings (SSSR count). The number of hydrogen-bond donors (Lipinski definition) is 1. The number of nitrogens with one attached hydrogen (secondary N) is 1. The molecular formula is C23H26N4O. The van der Waals surface area contributed by atoms with Gasteiger partial charge in [-0.2, -0.15) is 5.10 Å². The van der Waals surface area contributed by atoms with E-state index in [-0.39, 0.29) is 5.91 Å². The molecule has 5 nitrogen and oxygen atoms in total. The highest BCUT2D eigenvalue weighted by Crippen LogP contribution is 2.30. The molecule has 28 heavy (non-hydrogen) atoms. The number of aromatic nitrogens is 3. The van der Waals surface area contributed by atoms with E-state index in [1.54, 1.807) is 0 Å². The molecule has 1 aromatic carbocycles. The molecule has 0 aliphatic heterocycles. The molecule has 2 heterocycles. The lowest BCUT2D eigenvalue weighted by atomic mass is 9.95. The number of nitrogens with zero attached hydrogens (tertiary/aromatic N) is 3. The van der Waals surface area contributed by atoms with Crippen LogP contribution in [0.1, 0.15) is 36.1 Å². The van der Waals surface area contributed by atoms with E-state index in [1.165, 1.54) is 29.7 Å². The van der Waals surface area contributed by atoms with Crippen LogP contribution in [0.2, 0.25) is 0 Å². The summed E-state index contributed by atoms with van der Waals surface area (Å²) in [5.74, 6) is 0.0924. The van der Waals surface area contributed by atoms with Gasteiger partial charge in [0.2, 0.25) is 5.91 Å². The quantitative estimate of drug-likeness (QED) is 0.688. The Bertz CT molecular complexity index is 919. The van der Waals surface area contributed by atoms with Crippen molar-refractivity contribution >= 4 is 5.91 Å². The van der Waals surface area contributed by atoms with E-state index < -0.39 is 0 Å². The molecule has 1 N–H and O–H groups in total. The molecule has 0 atom stereocenters. The van der Waals surface area contributed by atoms with Gasteiger partial charge in [-0.05, 0) is 49.8 Å². The molecule has 1 aliphatic rings. The summed E-state index contributed by atoms with van der Waals surface area (Å²) in [6.07, 6.45) is 7.62. The molecular weight excluding hydrogens is 348 g/mol. The maximum atomic E-state index is 12.2. The van der Waals surface area contributed by atoms with Gasteiger partial charge in [-0.15, -0.1) is 0 Å². The first-order valence-electron chi connectivity index (χ1n) is 10.1. The van der Waals surface area contributed by atoms with E-state index in [4.69, 9.17) is 5.10 Å². The summed E-state index contributed by atoms with van der Waals surface area (Å²) in [5, 5.41) is 7.90. The molecule has 0 radical (unpaired) electrons. The van der Waals surface area contributed by atoms with Crippen molar-refractivity contribution in [1.29, 1.82) is 0 Å². The van der Waals surface area contributed by atoms with Crippen LogP contribution >= 0.6 is 0 Å². The fraction of sp³-hybridized carbons (Fsp3) is 0.348. The lowest BCUT2D eigenvalue weighted by Crippen LogP contribution is -2.28. The Balaban J connectivity index is 1.37. The maximum Gasteiger partial charge on any atom is 0.220 e. The van der Waals surface area contributed by atoms with Gasteiger partial charge in [0.1, 0.15) is 5.69 Å². The first-order valence-corrected chi connectivity index (χ1v) is 10.1. The van der Waals surface area contributed by atoms with Crippen molar-refractivity contribution in [1.82, 2.24) is 20.1 Å². The molecule has 0 unspecified atom stereocenters. The van der Waals surface area contributed by atoms with E-state index in [0.717, 1.165) is 30.7 Å². The van der Waals surface area contributed by atoms with Gasteiger partial charge in [0.05, 0.1) is 12.2 Å². The van der Waals surface area contributed by atoms with Crippen LogP contribution in [0.15, 0.2) is 54.7 Å². The van der Waals surface area contributed by atoms with Crippen molar-refractivity contribution in [2.24, 2.45) is 0 Å². The molecule has 0 fully saturated rings. The van der Waals surface area contributed by atoms with Gasteiger partial charge >= 0.3 is 0 Å². The fourth-order valence-electron chi connectivity index (χ4n) is 3.86. The van der Waals surface area contributed by atoms with Gasteiger partial charge in [-0.3, -0.25) is 14.5 Å². The van der Waals surface area contributed by atoms with Gasteiger partial charge in [0.15, 0.2) is 0 Å². The summed E-state index contributed by atoms with van der Waals surface area (Å²) in [4.78, 5) is 16.7. The Morgan fingerprint density at radius 2 is 1.86 bits per heavy atom. The SMILES string of the molecule is O=C(CCc1ccccc1)NCCn1nc(-c2ccccn2)c2c1CCCC2. The Morgan fingerprint density at radius 3 is 2.68 bits per heavy atom. The molecule has 1 aliphatic carbocycles. The fourth-order valence-corrected chi connectivity index (χ4v) is 3.86. The zero-order valence-corrected chi connectivity index (χ0v) is 16.1. The minimum Gasteiger partial charge on any atom is -0.354 e. The zero-order chi connectivity index (χ0) is 19.2. The van der Waals surface area contributed by atoms with Crippen molar-refractivity contribution in [3.63, 3.8) is 0 Å². The number of carbonyl (C=O) groups is 1. The minimum atomic E-state index is 0.0924. The van der Waals surface area contributed by atoms with E-state index in [1.807, 2.05) is 42.6 Å². The lowest BCUT2D eigenvalue weighted by molar-refractivity contribution is -0.121. The van der Waals surface area contributed by atoms with Crippen LogP contribution in [-0.4, -0.2) is 27.2 Å². The van der Waals surface area contributed by atoms with Crippen LogP contribution in [0, 0.1) is 0 Å². The van der Waals surface area contributed by atoms with E-state index in [2.05, 4.69) is 27.1 Å². The van der Waals surface area contributed by atoms with Crippen molar-refractivity contribution in [3.05, 3.63) is 71.5 Å². The van der Waals surface area contributed by atoms with Gasteiger partial charge < -0.3 is 5.32 Å². The van der Waals surface area contributed by atoms with Gasteiger partial charge in [-0.1, -0.05) is 36.4 Å². The van der Waals surface area contributed by atoms with Crippen LogP contribution < -0.4 is 5.32 Å². The number of amides is 1. The van der Waals surface area contributed by atoms with Crippen molar-refractivity contribution in [2.75, 3.05) is 6.54 Å². The highest BCUT2D eigenvalue weighted by Gasteiger charge is 2.22. The number of benzene rings is 1. The monoisotopic (exact) mass is 374 g/mol. The minimum absolute atomic E-state index is 0.0924.